The highest BCUT2D eigenvalue weighted by Crippen LogP contribution is 2.30. The number of aromatic nitrogens is 4. The lowest BCUT2D eigenvalue weighted by Gasteiger charge is -2.26. The molecule has 1 aromatic carbocycles. The van der Waals surface area contributed by atoms with Gasteiger partial charge in [0.05, 0.1) is 36.0 Å². The molecular formula is C30H46N6O5S. The summed E-state index contributed by atoms with van der Waals surface area (Å²) in [6.07, 6.45) is 7.05. The molecule has 2 N–H and O–H groups in total. The van der Waals surface area contributed by atoms with Crippen LogP contribution in [0.1, 0.15) is 70.8 Å². The summed E-state index contributed by atoms with van der Waals surface area (Å²) in [6.45, 7) is 12.7. The van der Waals surface area contributed by atoms with E-state index in [1.165, 1.54) is 25.0 Å². The molecule has 1 saturated heterocycles. The summed E-state index contributed by atoms with van der Waals surface area (Å²) >= 11 is 0. The number of nitrogens with zero attached hydrogens (tertiary/aromatic N) is 4. The van der Waals surface area contributed by atoms with Crippen LogP contribution in [0.5, 0.6) is 5.75 Å². The van der Waals surface area contributed by atoms with Crippen molar-refractivity contribution in [1.29, 1.82) is 0 Å². The van der Waals surface area contributed by atoms with Gasteiger partial charge in [-0.3, -0.25) is 9.69 Å². The van der Waals surface area contributed by atoms with Gasteiger partial charge in [0.1, 0.15) is 11.6 Å². The number of benzene rings is 1. The van der Waals surface area contributed by atoms with Crippen LogP contribution in [-0.2, 0) is 21.2 Å². The van der Waals surface area contributed by atoms with E-state index in [1.54, 1.807) is 10.6 Å². The Morgan fingerprint density at radius 1 is 1.14 bits per heavy atom. The number of morpholine rings is 1. The maximum Gasteiger partial charge on any atom is 0.277 e. The molecule has 4 rings (SSSR count). The van der Waals surface area contributed by atoms with Gasteiger partial charge in [0, 0.05) is 26.1 Å². The van der Waals surface area contributed by atoms with E-state index in [1.807, 2.05) is 13.8 Å². The van der Waals surface area contributed by atoms with E-state index >= 15 is 0 Å². The number of imidazole rings is 1. The van der Waals surface area contributed by atoms with Gasteiger partial charge in [0.2, 0.25) is 10.0 Å². The second kappa shape index (κ2) is 15.1. The third-order valence-electron chi connectivity index (χ3n) is 7.87. The Balaban J connectivity index is 1.62. The van der Waals surface area contributed by atoms with Crippen LogP contribution in [0.4, 0.5) is 0 Å². The average molecular weight is 603 g/mol. The highest BCUT2D eigenvalue weighted by Gasteiger charge is 2.22. The first-order valence-electron chi connectivity index (χ1n) is 15.3. The number of rotatable bonds is 16. The van der Waals surface area contributed by atoms with Crippen LogP contribution in [0.2, 0.25) is 0 Å². The third kappa shape index (κ3) is 7.97. The largest absolute Gasteiger partial charge is 0.493 e. The summed E-state index contributed by atoms with van der Waals surface area (Å²) in [6, 6.07) is 4.65. The molecular weight excluding hydrogens is 556 g/mol. The van der Waals surface area contributed by atoms with Gasteiger partial charge >= 0.3 is 0 Å². The smallest absolute Gasteiger partial charge is 0.277 e. The molecule has 42 heavy (non-hydrogen) atoms. The maximum absolute atomic E-state index is 13.3. The first-order valence-corrected chi connectivity index (χ1v) is 16.8. The summed E-state index contributed by atoms with van der Waals surface area (Å²) in [4.78, 5) is 23.2. The van der Waals surface area contributed by atoms with Gasteiger partial charge in [-0.15, -0.1) is 5.10 Å². The number of hydrogen-bond acceptors (Lipinski definition) is 8. The number of hydrogen-bond donors (Lipinski definition) is 2. The Labute approximate surface area is 249 Å². The molecule has 0 spiro atoms. The zero-order valence-electron chi connectivity index (χ0n) is 25.4. The van der Waals surface area contributed by atoms with E-state index in [0.29, 0.717) is 67.6 Å². The van der Waals surface area contributed by atoms with Crippen molar-refractivity contribution in [1.82, 2.24) is 29.2 Å². The predicted octanol–water partition coefficient (Wildman–Crippen LogP) is 3.94. The van der Waals surface area contributed by atoms with Crippen LogP contribution < -0.4 is 15.0 Å². The molecule has 3 aromatic rings. The first kappa shape index (κ1) is 32.1. The number of unbranched alkanes of at least 4 members (excludes halogenated alkanes) is 2. The Morgan fingerprint density at radius 3 is 2.64 bits per heavy atom. The Bertz CT molecular complexity index is 1480. The molecule has 232 valence electrons. The van der Waals surface area contributed by atoms with Gasteiger partial charge in [0.25, 0.3) is 5.56 Å². The van der Waals surface area contributed by atoms with Gasteiger partial charge in [-0.2, -0.15) is 0 Å². The number of nitrogens with one attached hydrogen (secondary N) is 2. The van der Waals surface area contributed by atoms with Crippen LogP contribution in [0.3, 0.4) is 0 Å². The third-order valence-corrected chi connectivity index (χ3v) is 9.33. The van der Waals surface area contributed by atoms with Crippen molar-refractivity contribution < 1.29 is 17.9 Å². The summed E-state index contributed by atoms with van der Waals surface area (Å²) < 4.78 is 42.0. The summed E-state index contributed by atoms with van der Waals surface area (Å²) in [5, 5.41) is 4.79. The van der Waals surface area contributed by atoms with Crippen LogP contribution in [0, 0.1) is 12.8 Å². The van der Waals surface area contributed by atoms with Crippen LogP contribution in [0.25, 0.3) is 16.9 Å². The minimum Gasteiger partial charge on any atom is -0.493 e. The fourth-order valence-corrected chi connectivity index (χ4v) is 6.54. The van der Waals surface area contributed by atoms with Crippen molar-refractivity contribution >= 4 is 15.5 Å². The van der Waals surface area contributed by atoms with Crippen molar-refractivity contribution in [3.63, 3.8) is 0 Å². The molecule has 0 amide bonds. The topological polar surface area (TPSA) is 131 Å². The Morgan fingerprint density at radius 2 is 1.93 bits per heavy atom. The van der Waals surface area contributed by atoms with Crippen molar-refractivity contribution in [2.75, 3.05) is 46.0 Å². The molecule has 12 heteroatoms. The predicted molar refractivity (Wildman–Crippen MR) is 164 cm³/mol. The number of fused-ring (bicyclic) bond motifs is 1. The molecule has 1 fully saturated rings. The number of sulfonamides is 1. The van der Waals surface area contributed by atoms with Gasteiger partial charge in [-0.25, -0.2) is 22.6 Å². The highest BCUT2D eigenvalue weighted by atomic mass is 32.2. The van der Waals surface area contributed by atoms with Crippen LogP contribution >= 0.6 is 0 Å². The molecule has 1 atom stereocenters. The lowest BCUT2D eigenvalue weighted by atomic mass is 9.95. The zero-order chi connectivity index (χ0) is 30.1. The minimum absolute atomic E-state index is 0.0825. The van der Waals surface area contributed by atoms with Gasteiger partial charge in [-0.1, -0.05) is 46.0 Å². The van der Waals surface area contributed by atoms with Crippen molar-refractivity contribution in [2.45, 2.75) is 77.5 Å². The van der Waals surface area contributed by atoms with Crippen LogP contribution in [0.15, 0.2) is 27.9 Å². The lowest BCUT2D eigenvalue weighted by Crippen LogP contribution is -2.38. The molecule has 0 bridgehead atoms. The molecule has 2 aromatic heterocycles. The molecule has 3 heterocycles. The maximum atomic E-state index is 13.3. The average Bonchev–Trinajstić information content (AvgIpc) is 3.30. The van der Waals surface area contributed by atoms with Gasteiger partial charge < -0.3 is 14.5 Å². The van der Waals surface area contributed by atoms with E-state index in [-0.39, 0.29) is 16.3 Å². The second-order valence-electron chi connectivity index (χ2n) is 10.9. The minimum atomic E-state index is -3.80. The fraction of sp³-hybridized carbons (Fsp3) is 0.633. The molecule has 1 unspecified atom stereocenters. The van der Waals surface area contributed by atoms with E-state index < -0.39 is 10.0 Å². The highest BCUT2D eigenvalue weighted by molar-refractivity contribution is 7.89. The van der Waals surface area contributed by atoms with E-state index in [0.717, 1.165) is 44.7 Å². The summed E-state index contributed by atoms with van der Waals surface area (Å²) in [7, 11) is -3.80. The normalized spacial score (nSPS) is 15.3. The monoisotopic (exact) mass is 602 g/mol. The van der Waals surface area contributed by atoms with Crippen molar-refractivity contribution in [2.24, 2.45) is 5.92 Å². The molecule has 0 saturated carbocycles. The molecule has 11 nitrogen and oxygen atoms in total. The molecule has 1 aliphatic heterocycles. The first-order chi connectivity index (χ1) is 20.3. The number of H-pyrrole nitrogens is 1. The summed E-state index contributed by atoms with van der Waals surface area (Å²) in [5.41, 5.74) is 1.10. The van der Waals surface area contributed by atoms with Crippen LogP contribution in [-0.4, -0.2) is 78.9 Å². The molecule has 1 aliphatic rings. The molecule has 0 aliphatic carbocycles. The summed E-state index contributed by atoms with van der Waals surface area (Å²) in [5.74, 6) is 1.85. The Hall–Kier alpha value is -2.80. The van der Waals surface area contributed by atoms with Gasteiger partial charge in [0.15, 0.2) is 11.3 Å². The zero-order valence-corrected chi connectivity index (χ0v) is 26.3. The Kier molecular flexibility index (Phi) is 11.5. The van der Waals surface area contributed by atoms with E-state index in [2.05, 4.69) is 28.5 Å². The second-order valence-corrected chi connectivity index (χ2v) is 12.7. The van der Waals surface area contributed by atoms with E-state index in [4.69, 9.17) is 19.6 Å². The fourth-order valence-electron chi connectivity index (χ4n) is 5.44. The van der Waals surface area contributed by atoms with Gasteiger partial charge in [-0.05, 0) is 50.9 Å². The quantitative estimate of drug-likeness (QED) is 0.236. The SMILES string of the molecule is CCCCCC(CC)Cc1nc(C)c2c(=O)[nH]c(-c3cc(S(=O)(=O)NCCCN4CCOCC4)ccc3OCC)nn12. The van der Waals surface area contributed by atoms with Crippen molar-refractivity contribution in [3.05, 3.63) is 40.1 Å². The standard InChI is InChI=1S/C30H46N6O5S/c1-5-8-9-11-23(6-2)20-27-32-22(4)28-30(37)33-29(34-36(27)28)25-21-24(12-13-26(25)41-7-3)42(38,39)31-14-10-15-35-16-18-40-19-17-35/h12-13,21,23,31H,5-11,14-20H2,1-4H3,(H,33,34,37). The molecule has 0 radical (unpaired) electrons. The lowest BCUT2D eigenvalue weighted by molar-refractivity contribution is 0.0376. The van der Waals surface area contributed by atoms with Crippen molar-refractivity contribution in [3.8, 4) is 17.1 Å². The number of ether oxygens (including phenoxy) is 2. The number of aryl methyl sites for hydroxylation is 1. The van der Waals surface area contributed by atoms with E-state index in [9.17, 15) is 13.2 Å². The number of aromatic amines is 1.